The standard InChI is InChI=1S/C28H44N2O5/c1-6-17(2)24(25(32)33)29-23(31)16-35-30-19-9-12-26(3)18(15-19)7-8-20-21(26)10-13-27(4)22(20)11-14-28(27,5)34/h15,17,20-22,24,34H,6-14,16H2,1-5H3,(H,29,31)(H,32,33)/b30-19+/t17?,20-,21?,22?,24?,26+,27+,28+/m1/s1. The third kappa shape index (κ3) is 4.54. The van der Waals surface area contributed by atoms with Crippen LogP contribution in [0, 0.1) is 34.5 Å². The van der Waals surface area contributed by atoms with Crippen molar-refractivity contribution >= 4 is 17.6 Å². The minimum absolute atomic E-state index is 0.0377. The number of hydrogen-bond acceptors (Lipinski definition) is 5. The molecule has 0 aliphatic heterocycles. The zero-order valence-corrected chi connectivity index (χ0v) is 22.1. The Bertz CT molecular complexity index is 911. The summed E-state index contributed by atoms with van der Waals surface area (Å²) in [4.78, 5) is 29.0. The van der Waals surface area contributed by atoms with Crippen LogP contribution in [0.15, 0.2) is 16.8 Å². The van der Waals surface area contributed by atoms with Gasteiger partial charge < -0.3 is 20.4 Å². The van der Waals surface area contributed by atoms with Crippen molar-refractivity contribution in [2.75, 3.05) is 6.61 Å². The number of aliphatic carboxylic acids is 1. The monoisotopic (exact) mass is 488 g/mol. The van der Waals surface area contributed by atoms with Crippen molar-refractivity contribution in [3.63, 3.8) is 0 Å². The van der Waals surface area contributed by atoms with Gasteiger partial charge in [-0.25, -0.2) is 4.79 Å². The normalized spacial score (nSPS) is 41.1. The highest BCUT2D eigenvalue weighted by atomic mass is 16.6. The van der Waals surface area contributed by atoms with E-state index in [0.29, 0.717) is 24.2 Å². The highest BCUT2D eigenvalue weighted by Crippen LogP contribution is 2.67. The quantitative estimate of drug-likeness (QED) is 0.451. The van der Waals surface area contributed by atoms with E-state index in [1.807, 2.05) is 13.8 Å². The summed E-state index contributed by atoms with van der Waals surface area (Å²) in [5, 5.41) is 27.3. The average molecular weight is 489 g/mol. The number of oxime groups is 1. The van der Waals surface area contributed by atoms with E-state index in [9.17, 15) is 19.8 Å². The van der Waals surface area contributed by atoms with Gasteiger partial charge in [-0.1, -0.05) is 44.8 Å². The Hall–Kier alpha value is -1.89. The van der Waals surface area contributed by atoms with E-state index >= 15 is 0 Å². The molecule has 4 aliphatic carbocycles. The van der Waals surface area contributed by atoms with Gasteiger partial charge in [-0.2, -0.15) is 0 Å². The molecule has 7 nitrogen and oxygen atoms in total. The fourth-order valence-electron chi connectivity index (χ4n) is 7.96. The molecule has 3 fully saturated rings. The maximum absolute atomic E-state index is 12.2. The minimum Gasteiger partial charge on any atom is -0.480 e. The van der Waals surface area contributed by atoms with Crippen LogP contribution in [0.1, 0.15) is 92.4 Å². The van der Waals surface area contributed by atoms with E-state index in [4.69, 9.17) is 4.84 Å². The van der Waals surface area contributed by atoms with E-state index in [-0.39, 0.29) is 23.4 Å². The predicted octanol–water partition coefficient (Wildman–Crippen LogP) is 4.69. The van der Waals surface area contributed by atoms with E-state index < -0.39 is 23.5 Å². The number of hydrogen-bond donors (Lipinski definition) is 3. The van der Waals surface area contributed by atoms with Gasteiger partial charge in [-0.05, 0) is 98.9 Å². The van der Waals surface area contributed by atoms with Crippen molar-refractivity contribution in [3.05, 3.63) is 11.6 Å². The molecule has 35 heavy (non-hydrogen) atoms. The molecular weight excluding hydrogens is 444 g/mol. The zero-order chi connectivity index (χ0) is 25.6. The molecule has 7 heteroatoms. The van der Waals surface area contributed by atoms with Gasteiger partial charge in [-0.15, -0.1) is 0 Å². The first-order valence-corrected chi connectivity index (χ1v) is 13.6. The Kier molecular flexibility index (Phi) is 7.13. The van der Waals surface area contributed by atoms with Gasteiger partial charge >= 0.3 is 5.97 Å². The van der Waals surface area contributed by atoms with Crippen LogP contribution in [0.3, 0.4) is 0 Å². The molecular formula is C28H44N2O5. The van der Waals surface area contributed by atoms with Crippen LogP contribution in [0.5, 0.6) is 0 Å². The molecule has 3 saturated carbocycles. The number of carbonyl (C=O) groups is 2. The molecule has 0 aromatic carbocycles. The molecule has 196 valence electrons. The second kappa shape index (κ2) is 9.53. The number of carboxylic acids is 1. The van der Waals surface area contributed by atoms with Crippen LogP contribution < -0.4 is 5.32 Å². The van der Waals surface area contributed by atoms with Crippen LogP contribution in [-0.4, -0.2) is 46.1 Å². The van der Waals surface area contributed by atoms with Crippen molar-refractivity contribution in [1.29, 1.82) is 0 Å². The van der Waals surface area contributed by atoms with Crippen molar-refractivity contribution in [2.24, 2.45) is 39.7 Å². The summed E-state index contributed by atoms with van der Waals surface area (Å²) in [5.41, 5.74) is 1.97. The third-order valence-corrected chi connectivity index (χ3v) is 10.7. The second-order valence-electron chi connectivity index (χ2n) is 12.4. The average Bonchev–Trinajstić information content (AvgIpc) is 3.05. The van der Waals surface area contributed by atoms with Crippen LogP contribution >= 0.6 is 0 Å². The fraction of sp³-hybridized carbons (Fsp3) is 0.821. The molecule has 4 aliphatic rings. The van der Waals surface area contributed by atoms with Crippen LogP contribution in [0.4, 0.5) is 0 Å². The molecule has 0 spiro atoms. The summed E-state index contributed by atoms with van der Waals surface area (Å²) >= 11 is 0. The van der Waals surface area contributed by atoms with Crippen LogP contribution in [0.2, 0.25) is 0 Å². The molecule has 3 N–H and O–H groups in total. The van der Waals surface area contributed by atoms with Gasteiger partial charge in [0.15, 0.2) is 6.61 Å². The Morgan fingerprint density at radius 1 is 1.14 bits per heavy atom. The number of carboxylic acid groups (broad SMARTS) is 1. The topological polar surface area (TPSA) is 108 Å². The van der Waals surface area contributed by atoms with E-state index in [0.717, 1.165) is 44.2 Å². The lowest BCUT2D eigenvalue weighted by Gasteiger charge is -2.59. The number of carbonyl (C=O) groups excluding carboxylic acids is 1. The highest BCUT2D eigenvalue weighted by molar-refractivity contribution is 5.96. The minimum atomic E-state index is -1.03. The van der Waals surface area contributed by atoms with E-state index in [2.05, 4.69) is 37.3 Å². The largest absolute Gasteiger partial charge is 0.480 e. The maximum atomic E-state index is 12.2. The van der Waals surface area contributed by atoms with Gasteiger partial charge in [0.05, 0.1) is 11.3 Å². The fourth-order valence-corrected chi connectivity index (χ4v) is 7.96. The summed E-state index contributed by atoms with van der Waals surface area (Å²) in [7, 11) is 0. The number of nitrogens with zero attached hydrogens (tertiary/aromatic N) is 1. The van der Waals surface area contributed by atoms with E-state index in [1.165, 1.54) is 18.4 Å². The summed E-state index contributed by atoms with van der Waals surface area (Å²) < 4.78 is 0. The Morgan fingerprint density at radius 3 is 2.54 bits per heavy atom. The molecule has 1 amide bonds. The van der Waals surface area contributed by atoms with Crippen molar-refractivity contribution in [3.8, 4) is 0 Å². The number of amides is 1. The third-order valence-electron chi connectivity index (χ3n) is 10.7. The highest BCUT2D eigenvalue weighted by Gasteiger charge is 2.62. The SMILES string of the molecule is CCC(C)C(NC(=O)CO/N=C1/C=C2CC[C@@H]3C(CC[C@@]4(C)C3CC[C@]4(C)O)[C@@]2(C)CC1)C(=O)O. The van der Waals surface area contributed by atoms with Crippen LogP contribution in [-0.2, 0) is 14.4 Å². The first-order chi connectivity index (χ1) is 16.4. The first kappa shape index (κ1) is 26.2. The van der Waals surface area contributed by atoms with Gasteiger partial charge in [-0.3, -0.25) is 4.79 Å². The van der Waals surface area contributed by atoms with Crippen molar-refractivity contribution in [1.82, 2.24) is 5.32 Å². The number of rotatable bonds is 7. The Labute approximate surface area is 209 Å². The van der Waals surface area contributed by atoms with Gasteiger partial charge in [0.25, 0.3) is 5.91 Å². The number of allylic oxidation sites excluding steroid dienone is 2. The smallest absolute Gasteiger partial charge is 0.326 e. The summed E-state index contributed by atoms with van der Waals surface area (Å²) in [6.45, 7) is 10.2. The summed E-state index contributed by atoms with van der Waals surface area (Å²) in [5.74, 6) is 0.277. The lowest BCUT2D eigenvalue weighted by atomic mass is 9.46. The Morgan fingerprint density at radius 2 is 1.86 bits per heavy atom. The summed E-state index contributed by atoms with van der Waals surface area (Å²) in [6, 6.07) is -0.919. The molecule has 0 bridgehead atoms. The first-order valence-electron chi connectivity index (χ1n) is 13.6. The molecule has 0 radical (unpaired) electrons. The lowest BCUT2D eigenvalue weighted by Crippen LogP contribution is -2.53. The zero-order valence-electron chi connectivity index (χ0n) is 22.1. The van der Waals surface area contributed by atoms with Gasteiger partial charge in [0.1, 0.15) is 6.04 Å². The number of nitrogens with one attached hydrogen (secondary N) is 1. The molecule has 4 unspecified atom stereocenters. The molecule has 0 aromatic rings. The van der Waals surface area contributed by atoms with Gasteiger partial charge in [0, 0.05) is 0 Å². The molecule has 4 rings (SSSR count). The maximum Gasteiger partial charge on any atom is 0.326 e. The van der Waals surface area contributed by atoms with Crippen LogP contribution in [0.25, 0.3) is 0 Å². The summed E-state index contributed by atoms with van der Waals surface area (Å²) in [6.07, 6.45) is 11.3. The molecule has 8 atom stereocenters. The molecule has 0 aromatic heterocycles. The number of aliphatic hydroxyl groups is 1. The molecule has 0 saturated heterocycles. The predicted molar refractivity (Wildman–Crippen MR) is 135 cm³/mol. The Balaban J connectivity index is 1.39. The van der Waals surface area contributed by atoms with Crippen molar-refractivity contribution in [2.45, 2.75) is 104 Å². The van der Waals surface area contributed by atoms with Crippen molar-refractivity contribution < 1.29 is 24.6 Å². The number of fused-ring (bicyclic) bond motifs is 5. The van der Waals surface area contributed by atoms with E-state index in [1.54, 1.807) is 0 Å². The van der Waals surface area contributed by atoms with Gasteiger partial charge in [0.2, 0.25) is 0 Å². The molecule has 0 heterocycles. The second-order valence-corrected chi connectivity index (χ2v) is 12.4. The lowest BCUT2D eigenvalue weighted by molar-refractivity contribution is -0.144.